The van der Waals surface area contributed by atoms with E-state index in [2.05, 4.69) is 10.4 Å². The minimum atomic E-state index is -0.284. The molecular weight excluding hydrogens is 245 g/mol. The van der Waals surface area contributed by atoms with Gasteiger partial charge in [0, 0.05) is 18.8 Å². The summed E-state index contributed by atoms with van der Waals surface area (Å²) in [6.07, 6.45) is 3.25. The van der Waals surface area contributed by atoms with Gasteiger partial charge in [0.2, 0.25) is 0 Å². The maximum absolute atomic E-state index is 12.7. The minimum Gasteiger partial charge on any atom is -0.348 e. The van der Waals surface area contributed by atoms with Crippen molar-refractivity contribution < 1.29 is 9.18 Å². The number of carbonyl (C=O) groups excluding carboxylic acids is 1. The molecule has 1 heterocycles. The van der Waals surface area contributed by atoms with Crippen molar-refractivity contribution in [2.24, 2.45) is 0 Å². The molecule has 19 heavy (non-hydrogen) atoms. The second kappa shape index (κ2) is 5.65. The van der Waals surface area contributed by atoms with Gasteiger partial charge in [0.1, 0.15) is 5.82 Å². The van der Waals surface area contributed by atoms with Crippen LogP contribution in [0.3, 0.4) is 0 Å². The molecule has 0 fully saturated rings. The first kappa shape index (κ1) is 13.3. The summed E-state index contributed by atoms with van der Waals surface area (Å²) in [5.74, 6) is -0.468. The normalized spacial score (nSPS) is 10.7. The summed E-state index contributed by atoms with van der Waals surface area (Å²) in [7, 11) is 0. The van der Waals surface area contributed by atoms with Crippen LogP contribution in [-0.4, -0.2) is 15.7 Å². The molecule has 0 saturated heterocycles. The third-order valence-electron chi connectivity index (χ3n) is 2.76. The number of hydrogen-bond acceptors (Lipinski definition) is 2. The highest BCUT2D eigenvalue weighted by molar-refractivity contribution is 5.93. The van der Waals surface area contributed by atoms with E-state index in [9.17, 15) is 9.18 Å². The van der Waals surface area contributed by atoms with Gasteiger partial charge in [-0.3, -0.25) is 9.48 Å². The SMILES string of the molecule is CC(C)n1cc(C(=O)NCc2ccc(F)cc2)cn1. The van der Waals surface area contributed by atoms with Gasteiger partial charge in [-0.15, -0.1) is 0 Å². The average Bonchev–Trinajstić information content (AvgIpc) is 2.87. The van der Waals surface area contributed by atoms with Gasteiger partial charge < -0.3 is 5.32 Å². The molecule has 1 aromatic heterocycles. The predicted molar refractivity (Wildman–Crippen MR) is 70.2 cm³/mol. The molecule has 0 saturated carbocycles. The van der Waals surface area contributed by atoms with Crippen molar-refractivity contribution in [1.82, 2.24) is 15.1 Å². The molecule has 0 spiro atoms. The van der Waals surface area contributed by atoms with Crippen LogP contribution in [0.15, 0.2) is 36.7 Å². The van der Waals surface area contributed by atoms with Crippen molar-refractivity contribution in [3.8, 4) is 0 Å². The summed E-state index contributed by atoms with van der Waals surface area (Å²) in [5, 5.41) is 6.88. The van der Waals surface area contributed by atoms with E-state index in [1.54, 1.807) is 29.2 Å². The van der Waals surface area contributed by atoms with E-state index in [-0.39, 0.29) is 17.8 Å². The first-order chi connectivity index (χ1) is 9.06. The van der Waals surface area contributed by atoms with Crippen molar-refractivity contribution in [3.63, 3.8) is 0 Å². The third-order valence-corrected chi connectivity index (χ3v) is 2.76. The number of carbonyl (C=O) groups is 1. The molecule has 0 aliphatic heterocycles. The molecule has 2 aromatic rings. The zero-order valence-corrected chi connectivity index (χ0v) is 10.9. The first-order valence-corrected chi connectivity index (χ1v) is 6.13. The van der Waals surface area contributed by atoms with Crippen molar-refractivity contribution in [2.75, 3.05) is 0 Å². The van der Waals surface area contributed by atoms with Gasteiger partial charge in [-0.2, -0.15) is 5.10 Å². The lowest BCUT2D eigenvalue weighted by Gasteiger charge is -2.04. The Balaban J connectivity index is 1.95. The van der Waals surface area contributed by atoms with Gasteiger partial charge >= 0.3 is 0 Å². The molecule has 0 bridgehead atoms. The number of nitrogens with zero attached hydrogens (tertiary/aromatic N) is 2. The number of amides is 1. The van der Waals surface area contributed by atoms with Crippen molar-refractivity contribution in [3.05, 3.63) is 53.6 Å². The van der Waals surface area contributed by atoms with Crippen LogP contribution in [0.5, 0.6) is 0 Å². The van der Waals surface area contributed by atoms with Gasteiger partial charge in [-0.1, -0.05) is 12.1 Å². The molecule has 0 unspecified atom stereocenters. The average molecular weight is 261 g/mol. The van der Waals surface area contributed by atoms with Crippen molar-refractivity contribution >= 4 is 5.91 Å². The molecule has 1 N–H and O–H groups in total. The molecular formula is C14H16FN3O. The van der Waals surface area contributed by atoms with Crippen LogP contribution in [-0.2, 0) is 6.54 Å². The summed E-state index contributed by atoms with van der Waals surface area (Å²) >= 11 is 0. The number of hydrogen-bond donors (Lipinski definition) is 1. The van der Waals surface area contributed by atoms with Crippen LogP contribution in [0.2, 0.25) is 0 Å². The Kier molecular flexibility index (Phi) is 3.94. The maximum atomic E-state index is 12.7. The number of halogens is 1. The summed E-state index contributed by atoms with van der Waals surface area (Å²) < 4.78 is 14.5. The molecule has 0 aliphatic rings. The van der Waals surface area contributed by atoms with Crippen LogP contribution in [0.1, 0.15) is 35.8 Å². The van der Waals surface area contributed by atoms with Crippen molar-refractivity contribution in [1.29, 1.82) is 0 Å². The topological polar surface area (TPSA) is 46.9 Å². The van der Waals surface area contributed by atoms with E-state index in [0.717, 1.165) is 5.56 Å². The second-order valence-electron chi connectivity index (χ2n) is 4.61. The maximum Gasteiger partial charge on any atom is 0.254 e. The fourth-order valence-electron chi connectivity index (χ4n) is 1.62. The van der Waals surface area contributed by atoms with Gasteiger partial charge in [0.15, 0.2) is 0 Å². The molecule has 1 aromatic carbocycles. The quantitative estimate of drug-likeness (QED) is 0.919. The molecule has 5 heteroatoms. The fourth-order valence-corrected chi connectivity index (χ4v) is 1.62. The molecule has 4 nitrogen and oxygen atoms in total. The number of nitrogens with one attached hydrogen (secondary N) is 1. The summed E-state index contributed by atoms with van der Waals surface area (Å²) in [6.45, 7) is 4.35. The highest BCUT2D eigenvalue weighted by Crippen LogP contribution is 2.06. The van der Waals surface area contributed by atoms with Gasteiger partial charge in [0.05, 0.1) is 11.8 Å². The van der Waals surface area contributed by atoms with Gasteiger partial charge in [0.25, 0.3) is 5.91 Å². The first-order valence-electron chi connectivity index (χ1n) is 6.13. The van der Waals surface area contributed by atoms with Gasteiger partial charge in [-0.25, -0.2) is 4.39 Å². The molecule has 0 atom stereocenters. The lowest BCUT2D eigenvalue weighted by molar-refractivity contribution is 0.0951. The van der Waals surface area contributed by atoms with Gasteiger partial charge in [-0.05, 0) is 31.5 Å². The zero-order chi connectivity index (χ0) is 13.8. The lowest BCUT2D eigenvalue weighted by atomic mass is 10.2. The molecule has 2 rings (SSSR count). The molecule has 0 radical (unpaired) electrons. The lowest BCUT2D eigenvalue weighted by Crippen LogP contribution is -2.22. The van der Waals surface area contributed by atoms with Crippen LogP contribution < -0.4 is 5.32 Å². The second-order valence-corrected chi connectivity index (χ2v) is 4.61. The predicted octanol–water partition coefficient (Wildman–Crippen LogP) is 2.53. The highest BCUT2D eigenvalue weighted by atomic mass is 19.1. The van der Waals surface area contributed by atoms with Crippen molar-refractivity contribution in [2.45, 2.75) is 26.4 Å². The van der Waals surface area contributed by atoms with E-state index >= 15 is 0 Å². The molecule has 0 aliphatic carbocycles. The number of aromatic nitrogens is 2. The van der Waals surface area contributed by atoms with Crippen LogP contribution >= 0.6 is 0 Å². The summed E-state index contributed by atoms with van der Waals surface area (Å²) in [5.41, 5.74) is 1.38. The Morgan fingerprint density at radius 2 is 2.05 bits per heavy atom. The Labute approximate surface area is 111 Å². The number of benzene rings is 1. The monoisotopic (exact) mass is 261 g/mol. The van der Waals surface area contributed by atoms with E-state index < -0.39 is 0 Å². The smallest absolute Gasteiger partial charge is 0.254 e. The third kappa shape index (κ3) is 3.40. The van der Waals surface area contributed by atoms with Crippen LogP contribution in [0.4, 0.5) is 4.39 Å². The minimum absolute atomic E-state index is 0.184. The zero-order valence-electron chi connectivity index (χ0n) is 10.9. The largest absolute Gasteiger partial charge is 0.348 e. The molecule has 1 amide bonds. The Hall–Kier alpha value is -2.17. The van der Waals surface area contributed by atoms with E-state index in [1.807, 2.05) is 13.8 Å². The molecule has 100 valence electrons. The van der Waals surface area contributed by atoms with E-state index in [0.29, 0.717) is 12.1 Å². The summed E-state index contributed by atoms with van der Waals surface area (Å²) in [4.78, 5) is 11.9. The van der Waals surface area contributed by atoms with E-state index in [1.165, 1.54) is 12.1 Å². The Morgan fingerprint density at radius 1 is 1.37 bits per heavy atom. The standard InChI is InChI=1S/C14H16FN3O/c1-10(2)18-9-12(8-17-18)14(19)16-7-11-3-5-13(15)6-4-11/h3-6,8-10H,7H2,1-2H3,(H,16,19). The number of rotatable bonds is 4. The van der Waals surface area contributed by atoms with Crippen LogP contribution in [0, 0.1) is 5.82 Å². The Bertz CT molecular complexity index is 560. The summed E-state index contributed by atoms with van der Waals surface area (Å²) in [6, 6.07) is 6.26. The van der Waals surface area contributed by atoms with Crippen LogP contribution in [0.25, 0.3) is 0 Å². The fraction of sp³-hybridized carbons (Fsp3) is 0.286. The Morgan fingerprint density at radius 3 is 2.63 bits per heavy atom. The highest BCUT2D eigenvalue weighted by Gasteiger charge is 2.09. The van der Waals surface area contributed by atoms with E-state index in [4.69, 9.17) is 0 Å².